The van der Waals surface area contributed by atoms with E-state index >= 15 is 0 Å². The second-order valence-electron chi connectivity index (χ2n) is 3.31. The molecular formula is C10H10BrClN2O4. The predicted octanol–water partition coefficient (Wildman–Crippen LogP) is 1.67. The molecule has 1 aromatic carbocycles. The molecule has 0 aliphatic carbocycles. The number of carboxylic acid groups (broad SMARTS) is 1. The second-order valence-corrected chi connectivity index (χ2v) is 4.64. The van der Waals surface area contributed by atoms with Gasteiger partial charge in [-0.15, -0.1) is 0 Å². The second kappa shape index (κ2) is 6.58. The van der Waals surface area contributed by atoms with Crippen molar-refractivity contribution in [3.05, 3.63) is 27.7 Å². The Morgan fingerprint density at radius 2 is 2.11 bits per heavy atom. The van der Waals surface area contributed by atoms with E-state index in [1.165, 1.54) is 0 Å². The quantitative estimate of drug-likeness (QED) is 0.671. The standard InChI is InChI=1S/C10H10BrClN2O4/c11-5-1-2-6(12)7(3-5)14-10(18)13-4-8(15)9(16)17/h1-3,8,15H,4H2,(H,16,17)(H2,13,14,18). The Morgan fingerprint density at radius 1 is 1.44 bits per heavy atom. The van der Waals surface area contributed by atoms with Gasteiger partial charge >= 0.3 is 12.0 Å². The van der Waals surface area contributed by atoms with Gasteiger partial charge in [-0.05, 0) is 18.2 Å². The summed E-state index contributed by atoms with van der Waals surface area (Å²) in [7, 11) is 0. The molecule has 0 aliphatic rings. The van der Waals surface area contributed by atoms with Crippen LogP contribution in [0.4, 0.5) is 10.5 Å². The minimum absolute atomic E-state index is 0.340. The van der Waals surface area contributed by atoms with E-state index in [0.717, 1.165) is 4.47 Å². The van der Waals surface area contributed by atoms with Crippen molar-refractivity contribution in [3.63, 3.8) is 0 Å². The Labute approximate surface area is 116 Å². The number of anilines is 1. The number of urea groups is 1. The van der Waals surface area contributed by atoms with Crippen LogP contribution in [0, 0.1) is 0 Å². The van der Waals surface area contributed by atoms with Crippen LogP contribution < -0.4 is 10.6 Å². The monoisotopic (exact) mass is 336 g/mol. The summed E-state index contributed by atoms with van der Waals surface area (Å²) in [6.45, 7) is -0.396. The minimum atomic E-state index is -1.64. The molecule has 0 saturated heterocycles. The lowest BCUT2D eigenvalue weighted by Gasteiger charge is -2.10. The average molecular weight is 338 g/mol. The number of carboxylic acids is 1. The number of aliphatic hydroxyl groups is 1. The van der Waals surface area contributed by atoms with E-state index in [2.05, 4.69) is 26.6 Å². The third kappa shape index (κ3) is 4.52. The topological polar surface area (TPSA) is 98.7 Å². The molecule has 0 fully saturated rings. The van der Waals surface area contributed by atoms with Gasteiger partial charge in [-0.25, -0.2) is 9.59 Å². The van der Waals surface area contributed by atoms with Gasteiger partial charge in [-0.1, -0.05) is 27.5 Å². The van der Waals surface area contributed by atoms with Gasteiger partial charge in [0, 0.05) is 4.47 Å². The smallest absolute Gasteiger partial charge is 0.334 e. The number of carbonyl (C=O) groups is 2. The first-order valence-corrected chi connectivity index (χ1v) is 5.98. The molecular weight excluding hydrogens is 327 g/mol. The van der Waals surface area contributed by atoms with Gasteiger partial charge in [-0.2, -0.15) is 0 Å². The molecule has 98 valence electrons. The zero-order valence-electron chi connectivity index (χ0n) is 8.98. The van der Waals surface area contributed by atoms with Gasteiger partial charge in [0.25, 0.3) is 0 Å². The number of benzene rings is 1. The van der Waals surface area contributed by atoms with Crippen molar-refractivity contribution in [3.8, 4) is 0 Å². The van der Waals surface area contributed by atoms with E-state index in [1.54, 1.807) is 18.2 Å². The molecule has 1 aromatic rings. The molecule has 0 bridgehead atoms. The molecule has 1 unspecified atom stereocenters. The zero-order valence-corrected chi connectivity index (χ0v) is 11.3. The van der Waals surface area contributed by atoms with Gasteiger partial charge < -0.3 is 20.8 Å². The summed E-state index contributed by atoms with van der Waals surface area (Å²) in [6, 6.07) is 4.23. The Morgan fingerprint density at radius 3 is 2.72 bits per heavy atom. The molecule has 1 rings (SSSR count). The highest BCUT2D eigenvalue weighted by Crippen LogP contribution is 2.25. The fourth-order valence-corrected chi connectivity index (χ4v) is 1.56. The number of halogens is 2. The van der Waals surface area contributed by atoms with E-state index < -0.39 is 24.6 Å². The average Bonchev–Trinajstić information content (AvgIpc) is 2.30. The molecule has 4 N–H and O–H groups in total. The lowest BCUT2D eigenvalue weighted by Crippen LogP contribution is -2.38. The summed E-state index contributed by atoms with van der Waals surface area (Å²) < 4.78 is 0.729. The molecule has 0 aromatic heterocycles. The van der Waals surface area contributed by atoms with Crippen LogP contribution >= 0.6 is 27.5 Å². The Bertz CT molecular complexity index is 469. The Hall–Kier alpha value is -1.31. The van der Waals surface area contributed by atoms with Gasteiger partial charge in [0.1, 0.15) is 0 Å². The van der Waals surface area contributed by atoms with E-state index in [-0.39, 0.29) is 0 Å². The number of hydrogen-bond acceptors (Lipinski definition) is 3. The number of aliphatic carboxylic acids is 1. The van der Waals surface area contributed by atoms with Crippen LogP contribution in [0.1, 0.15) is 0 Å². The van der Waals surface area contributed by atoms with Crippen molar-refractivity contribution in [1.29, 1.82) is 0 Å². The number of carbonyl (C=O) groups excluding carboxylic acids is 1. The molecule has 18 heavy (non-hydrogen) atoms. The largest absolute Gasteiger partial charge is 0.479 e. The maximum absolute atomic E-state index is 11.4. The highest BCUT2D eigenvalue weighted by molar-refractivity contribution is 9.10. The van der Waals surface area contributed by atoms with E-state index in [4.69, 9.17) is 21.8 Å². The number of rotatable bonds is 4. The van der Waals surface area contributed by atoms with Crippen LogP contribution in [0.5, 0.6) is 0 Å². The normalized spacial score (nSPS) is 11.7. The fourth-order valence-electron chi connectivity index (χ4n) is 1.04. The van der Waals surface area contributed by atoms with Crippen LogP contribution in [0.2, 0.25) is 5.02 Å². The Balaban J connectivity index is 2.54. The van der Waals surface area contributed by atoms with Crippen molar-refractivity contribution in [2.45, 2.75) is 6.10 Å². The van der Waals surface area contributed by atoms with Gasteiger partial charge in [0.05, 0.1) is 17.3 Å². The molecule has 0 spiro atoms. The van der Waals surface area contributed by atoms with Crippen molar-refractivity contribution < 1.29 is 19.8 Å². The lowest BCUT2D eigenvalue weighted by atomic mass is 10.3. The highest BCUT2D eigenvalue weighted by Gasteiger charge is 2.14. The predicted molar refractivity (Wildman–Crippen MR) is 69.8 cm³/mol. The van der Waals surface area contributed by atoms with Crippen LogP contribution in [0.3, 0.4) is 0 Å². The van der Waals surface area contributed by atoms with Crippen LogP contribution in [-0.2, 0) is 4.79 Å². The molecule has 0 heterocycles. The van der Waals surface area contributed by atoms with Crippen LogP contribution in [0.15, 0.2) is 22.7 Å². The lowest BCUT2D eigenvalue weighted by molar-refractivity contribution is -0.146. The summed E-state index contributed by atoms with van der Waals surface area (Å²) in [5.74, 6) is -1.41. The maximum atomic E-state index is 11.4. The summed E-state index contributed by atoms with van der Waals surface area (Å²) in [6.07, 6.45) is -1.64. The molecule has 0 radical (unpaired) electrons. The molecule has 1 atom stereocenters. The third-order valence-corrected chi connectivity index (χ3v) is 2.74. The van der Waals surface area contributed by atoms with Crippen molar-refractivity contribution in [1.82, 2.24) is 5.32 Å². The van der Waals surface area contributed by atoms with Crippen LogP contribution in [-0.4, -0.2) is 34.9 Å². The maximum Gasteiger partial charge on any atom is 0.334 e. The van der Waals surface area contributed by atoms with E-state index in [0.29, 0.717) is 10.7 Å². The summed E-state index contributed by atoms with van der Waals surface area (Å²) >= 11 is 9.07. The van der Waals surface area contributed by atoms with Crippen molar-refractivity contribution >= 4 is 45.2 Å². The van der Waals surface area contributed by atoms with E-state index in [9.17, 15) is 9.59 Å². The third-order valence-electron chi connectivity index (χ3n) is 1.92. The van der Waals surface area contributed by atoms with Crippen LogP contribution in [0.25, 0.3) is 0 Å². The van der Waals surface area contributed by atoms with Gasteiger partial charge in [0.15, 0.2) is 6.10 Å². The summed E-state index contributed by atoms with van der Waals surface area (Å²) in [4.78, 5) is 21.7. The fraction of sp³-hybridized carbons (Fsp3) is 0.200. The number of nitrogens with one attached hydrogen (secondary N) is 2. The Kier molecular flexibility index (Phi) is 5.39. The SMILES string of the molecule is O=C(NCC(O)C(=O)O)Nc1cc(Br)ccc1Cl. The van der Waals surface area contributed by atoms with Gasteiger partial charge in [0.2, 0.25) is 0 Å². The molecule has 0 saturated carbocycles. The first kappa shape index (κ1) is 14.7. The van der Waals surface area contributed by atoms with Gasteiger partial charge in [-0.3, -0.25) is 0 Å². The first-order chi connectivity index (χ1) is 8.40. The highest BCUT2D eigenvalue weighted by atomic mass is 79.9. The van der Waals surface area contributed by atoms with Crippen molar-refractivity contribution in [2.24, 2.45) is 0 Å². The van der Waals surface area contributed by atoms with E-state index in [1.807, 2.05) is 0 Å². The molecule has 8 heteroatoms. The zero-order chi connectivity index (χ0) is 13.7. The summed E-state index contributed by atoms with van der Waals surface area (Å²) in [5.41, 5.74) is 0.369. The van der Waals surface area contributed by atoms with Crippen molar-refractivity contribution in [2.75, 3.05) is 11.9 Å². The minimum Gasteiger partial charge on any atom is -0.479 e. The molecule has 2 amide bonds. The summed E-state index contributed by atoms with van der Waals surface area (Å²) in [5, 5.41) is 22.4. The molecule has 6 nitrogen and oxygen atoms in total. The number of aliphatic hydroxyl groups excluding tert-OH is 1. The number of amides is 2. The first-order valence-electron chi connectivity index (χ1n) is 4.81. The molecule has 0 aliphatic heterocycles. The number of hydrogen-bond donors (Lipinski definition) is 4.